The van der Waals surface area contributed by atoms with Gasteiger partial charge in [-0.2, -0.15) is 8.42 Å². The Morgan fingerprint density at radius 2 is 2.09 bits per heavy atom. The molecular weight excluding hydrogens is 308 g/mol. The van der Waals surface area contributed by atoms with Gasteiger partial charge in [0.1, 0.15) is 17.7 Å². The largest absolute Gasteiger partial charge is 0.367 e. The molecule has 1 aromatic heterocycles. The number of hydrogen-bond donors (Lipinski definition) is 3. The summed E-state index contributed by atoms with van der Waals surface area (Å²) < 4.78 is 27.2. The monoisotopic (exact) mass is 328 g/mol. The number of H-pyrrole nitrogens is 1. The van der Waals surface area contributed by atoms with Crippen molar-refractivity contribution in [3.8, 4) is 0 Å². The van der Waals surface area contributed by atoms with E-state index in [9.17, 15) is 13.2 Å². The van der Waals surface area contributed by atoms with E-state index in [1.807, 2.05) is 0 Å². The number of nitrogens with one attached hydrogen (secondary N) is 3. The zero-order chi connectivity index (χ0) is 16.3. The van der Waals surface area contributed by atoms with E-state index in [0.29, 0.717) is 5.82 Å². The first kappa shape index (κ1) is 16.6. The summed E-state index contributed by atoms with van der Waals surface area (Å²) in [6.45, 7) is 1.49. The Morgan fingerprint density at radius 1 is 1.45 bits per heavy atom. The van der Waals surface area contributed by atoms with Gasteiger partial charge < -0.3 is 15.7 Å². The molecule has 1 fully saturated rings. The van der Waals surface area contributed by atoms with Gasteiger partial charge in [0.05, 0.1) is 11.8 Å². The summed E-state index contributed by atoms with van der Waals surface area (Å²) in [7, 11) is -3.66. The lowest BCUT2D eigenvalue weighted by Crippen LogP contribution is -2.25. The lowest BCUT2D eigenvalue weighted by Gasteiger charge is -2.17. The molecule has 3 N–H and O–H groups in total. The second kappa shape index (κ2) is 6.57. The normalized spacial score (nSPS) is 17.4. The zero-order valence-corrected chi connectivity index (χ0v) is 13.4. The van der Waals surface area contributed by atoms with Gasteiger partial charge in [0.15, 0.2) is 0 Å². The minimum atomic E-state index is -3.66. The van der Waals surface area contributed by atoms with Crippen LogP contribution in [0.25, 0.3) is 0 Å². The van der Waals surface area contributed by atoms with E-state index in [0.717, 1.165) is 38.2 Å². The van der Waals surface area contributed by atoms with Crippen molar-refractivity contribution >= 4 is 22.2 Å². The van der Waals surface area contributed by atoms with Crippen LogP contribution in [-0.2, 0) is 14.3 Å². The number of nitrogens with zero attached hydrogens (tertiary/aromatic N) is 1. The molecule has 22 heavy (non-hydrogen) atoms. The van der Waals surface area contributed by atoms with Gasteiger partial charge in [-0.1, -0.05) is 12.8 Å². The molecule has 1 aliphatic rings. The highest BCUT2D eigenvalue weighted by Gasteiger charge is 2.21. The van der Waals surface area contributed by atoms with E-state index < -0.39 is 21.8 Å². The molecule has 9 heteroatoms. The second-order valence-corrected chi connectivity index (χ2v) is 7.03. The van der Waals surface area contributed by atoms with Crippen LogP contribution < -0.4 is 10.9 Å². The Labute approximate surface area is 128 Å². The van der Waals surface area contributed by atoms with Crippen molar-refractivity contribution in [2.75, 3.05) is 11.6 Å². The molecule has 1 saturated carbocycles. The lowest BCUT2D eigenvalue weighted by molar-refractivity contribution is 0.226. The van der Waals surface area contributed by atoms with Gasteiger partial charge in [-0.3, -0.25) is 8.98 Å². The van der Waals surface area contributed by atoms with Gasteiger partial charge in [-0.15, -0.1) is 0 Å². The summed E-state index contributed by atoms with van der Waals surface area (Å²) in [5, 5.41) is 10.5. The van der Waals surface area contributed by atoms with E-state index in [-0.39, 0.29) is 17.4 Å². The Hall–Kier alpha value is -1.74. The minimum absolute atomic E-state index is 0.113. The first-order chi connectivity index (χ1) is 10.3. The van der Waals surface area contributed by atoms with Crippen molar-refractivity contribution in [1.82, 2.24) is 9.97 Å². The third kappa shape index (κ3) is 4.14. The molecule has 2 rings (SSSR count). The maximum absolute atomic E-state index is 12.0. The van der Waals surface area contributed by atoms with Gasteiger partial charge in [0.2, 0.25) is 0 Å². The van der Waals surface area contributed by atoms with Crippen LogP contribution in [0, 0.1) is 5.41 Å². The summed E-state index contributed by atoms with van der Waals surface area (Å²) in [6.07, 6.45) is 5.15. The fourth-order valence-electron chi connectivity index (χ4n) is 2.51. The highest BCUT2D eigenvalue weighted by atomic mass is 32.2. The quantitative estimate of drug-likeness (QED) is 0.531. The maximum Gasteiger partial charge on any atom is 0.265 e. The highest BCUT2D eigenvalue weighted by molar-refractivity contribution is 7.86. The SMILES string of the molecule is C[C@H](OS(C)(=O)=O)c1nc(NC2CCCC2)c(C=N)c(=O)[nH]1. The molecule has 0 aliphatic heterocycles. The predicted molar refractivity (Wildman–Crippen MR) is 83.0 cm³/mol. The first-order valence-corrected chi connectivity index (χ1v) is 8.91. The summed E-state index contributed by atoms with van der Waals surface area (Å²) >= 11 is 0. The molecular formula is C13H20N4O4S. The molecule has 0 radical (unpaired) electrons. The van der Waals surface area contributed by atoms with Crippen LogP contribution in [0.15, 0.2) is 4.79 Å². The average Bonchev–Trinajstić information content (AvgIpc) is 2.89. The van der Waals surface area contributed by atoms with Crippen molar-refractivity contribution in [1.29, 1.82) is 5.41 Å². The third-order valence-electron chi connectivity index (χ3n) is 3.52. The lowest BCUT2D eigenvalue weighted by atomic mass is 10.2. The molecule has 0 unspecified atom stereocenters. The minimum Gasteiger partial charge on any atom is -0.367 e. The molecule has 1 heterocycles. The van der Waals surface area contributed by atoms with Crippen LogP contribution in [-0.4, -0.2) is 36.9 Å². The number of aromatic nitrogens is 2. The zero-order valence-electron chi connectivity index (χ0n) is 12.5. The van der Waals surface area contributed by atoms with Gasteiger partial charge >= 0.3 is 0 Å². The van der Waals surface area contributed by atoms with E-state index >= 15 is 0 Å². The van der Waals surface area contributed by atoms with Crippen LogP contribution in [0.4, 0.5) is 5.82 Å². The molecule has 1 aliphatic carbocycles. The van der Waals surface area contributed by atoms with Gasteiger partial charge in [-0.05, 0) is 19.8 Å². The van der Waals surface area contributed by atoms with Gasteiger partial charge in [-0.25, -0.2) is 4.98 Å². The summed E-state index contributed by atoms with van der Waals surface area (Å²) in [5.41, 5.74) is -0.369. The van der Waals surface area contributed by atoms with Crippen LogP contribution in [0.5, 0.6) is 0 Å². The number of hydrogen-bond acceptors (Lipinski definition) is 7. The fraction of sp³-hybridized carbons (Fsp3) is 0.615. The Balaban J connectivity index is 2.34. The molecule has 122 valence electrons. The molecule has 1 atom stereocenters. The standard InChI is InChI=1S/C13H20N4O4S/c1-8(21-22(2,19)20)11-16-12(10(7-14)13(18)17-11)15-9-5-3-4-6-9/h7-9,14H,3-6H2,1-2H3,(H2,15,16,17,18)/t8-/m0/s1. The molecule has 0 amide bonds. The number of rotatable bonds is 6. The third-order valence-corrected chi connectivity index (χ3v) is 4.16. The van der Waals surface area contributed by atoms with E-state index in [2.05, 4.69) is 15.3 Å². The summed E-state index contributed by atoms with van der Waals surface area (Å²) in [5.74, 6) is 0.408. The van der Waals surface area contributed by atoms with Gasteiger partial charge in [0.25, 0.3) is 15.7 Å². The predicted octanol–water partition coefficient (Wildman–Crippen LogP) is 1.16. The molecule has 0 bridgehead atoms. The van der Waals surface area contributed by atoms with Crippen LogP contribution in [0.2, 0.25) is 0 Å². The molecule has 0 aromatic carbocycles. The Kier molecular flexibility index (Phi) is 4.97. The number of anilines is 1. The van der Waals surface area contributed by atoms with Crippen molar-refractivity contribution in [3.63, 3.8) is 0 Å². The van der Waals surface area contributed by atoms with Crippen molar-refractivity contribution < 1.29 is 12.6 Å². The summed E-state index contributed by atoms with van der Waals surface area (Å²) in [4.78, 5) is 18.8. The fourth-order valence-corrected chi connectivity index (χ4v) is 3.12. The van der Waals surface area contributed by atoms with Crippen LogP contribution in [0.1, 0.15) is 50.1 Å². The van der Waals surface area contributed by atoms with Crippen LogP contribution in [0.3, 0.4) is 0 Å². The van der Waals surface area contributed by atoms with Crippen molar-refractivity contribution in [3.05, 3.63) is 21.7 Å². The maximum atomic E-state index is 12.0. The topological polar surface area (TPSA) is 125 Å². The molecule has 0 saturated heterocycles. The van der Waals surface area contributed by atoms with E-state index in [1.165, 1.54) is 6.92 Å². The van der Waals surface area contributed by atoms with Crippen LogP contribution >= 0.6 is 0 Å². The Bertz CT molecular complexity index is 707. The smallest absolute Gasteiger partial charge is 0.265 e. The Morgan fingerprint density at radius 3 is 2.64 bits per heavy atom. The van der Waals surface area contributed by atoms with Crippen molar-refractivity contribution in [2.24, 2.45) is 0 Å². The number of aromatic amines is 1. The second-order valence-electron chi connectivity index (χ2n) is 5.43. The summed E-state index contributed by atoms with van der Waals surface area (Å²) in [6, 6.07) is 0.215. The van der Waals surface area contributed by atoms with Crippen molar-refractivity contribution in [2.45, 2.75) is 44.8 Å². The highest BCUT2D eigenvalue weighted by Crippen LogP contribution is 2.23. The molecule has 1 aromatic rings. The van der Waals surface area contributed by atoms with E-state index in [4.69, 9.17) is 9.59 Å². The molecule has 8 nitrogen and oxygen atoms in total. The first-order valence-electron chi connectivity index (χ1n) is 7.09. The molecule has 0 spiro atoms. The van der Waals surface area contributed by atoms with Gasteiger partial charge in [0, 0.05) is 12.3 Å². The van der Waals surface area contributed by atoms with E-state index in [1.54, 1.807) is 0 Å². The average molecular weight is 328 g/mol.